The summed E-state index contributed by atoms with van der Waals surface area (Å²) >= 11 is 0. The van der Waals surface area contributed by atoms with Crippen molar-refractivity contribution in [2.75, 3.05) is 13.7 Å². The molecule has 0 fully saturated rings. The van der Waals surface area contributed by atoms with Gasteiger partial charge in [-0.15, -0.1) is 0 Å². The Labute approximate surface area is 121 Å². The summed E-state index contributed by atoms with van der Waals surface area (Å²) in [5.41, 5.74) is 4.44. The van der Waals surface area contributed by atoms with Gasteiger partial charge in [0.25, 0.3) is 0 Å². The molecule has 0 saturated heterocycles. The summed E-state index contributed by atoms with van der Waals surface area (Å²) in [7, 11) is 1.28. The van der Waals surface area contributed by atoms with Gasteiger partial charge in [-0.2, -0.15) is 5.48 Å². The summed E-state index contributed by atoms with van der Waals surface area (Å²) in [6.07, 6.45) is 0.601. The first-order valence-electron chi connectivity index (χ1n) is 6.62. The number of rotatable bonds is 7. The highest BCUT2D eigenvalue weighted by Gasteiger charge is 2.08. The topological polar surface area (TPSA) is 93.3 Å². The van der Waals surface area contributed by atoms with E-state index in [0.717, 1.165) is 16.9 Å². The van der Waals surface area contributed by atoms with Crippen molar-refractivity contribution < 1.29 is 19.2 Å². The zero-order valence-corrected chi connectivity index (χ0v) is 11.7. The molecule has 112 valence electrons. The number of aromatic nitrogens is 2. The van der Waals surface area contributed by atoms with Gasteiger partial charge in [0.05, 0.1) is 31.0 Å². The van der Waals surface area contributed by atoms with E-state index >= 15 is 0 Å². The van der Waals surface area contributed by atoms with E-state index in [1.54, 1.807) is 0 Å². The van der Waals surface area contributed by atoms with Gasteiger partial charge in [0.2, 0.25) is 0 Å². The number of esters is 1. The fourth-order valence-electron chi connectivity index (χ4n) is 1.78. The summed E-state index contributed by atoms with van der Waals surface area (Å²) in [6, 6.07) is 7.74. The van der Waals surface area contributed by atoms with Crippen LogP contribution in [0.15, 0.2) is 24.3 Å². The van der Waals surface area contributed by atoms with Crippen LogP contribution < -0.4 is 5.48 Å². The molecule has 7 heteroatoms. The number of hydrogen-bond donors (Lipinski definition) is 2. The number of aromatic amines is 1. The van der Waals surface area contributed by atoms with Crippen LogP contribution >= 0.6 is 0 Å². The SMILES string of the molecule is COC(=O)CCC(=O)ONCCc1nc2ccccc2[nH]1. The molecule has 0 aliphatic carbocycles. The summed E-state index contributed by atoms with van der Waals surface area (Å²) in [6.45, 7) is 0.434. The molecule has 1 heterocycles. The number of nitrogens with one attached hydrogen (secondary N) is 2. The summed E-state index contributed by atoms with van der Waals surface area (Å²) in [5.74, 6) is -0.117. The van der Waals surface area contributed by atoms with Crippen LogP contribution in [0.3, 0.4) is 0 Å². The van der Waals surface area contributed by atoms with Crippen LogP contribution in [0.5, 0.6) is 0 Å². The van der Waals surface area contributed by atoms with Crippen molar-refractivity contribution in [2.45, 2.75) is 19.3 Å². The molecular formula is C14H17N3O4. The third-order valence-corrected chi connectivity index (χ3v) is 2.85. The third-order valence-electron chi connectivity index (χ3n) is 2.85. The molecule has 0 unspecified atom stereocenters. The van der Waals surface area contributed by atoms with Crippen LogP contribution in [0.2, 0.25) is 0 Å². The lowest BCUT2D eigenvalue weighted by Crippen LogP contribution is -2.23. The number of imidazole rings is 1. The van der Waals surface area contributed by atoms with Crippen molar-refractivity contribution in [3.8, 4) is 0 Å². The molecule has 2 N–H and O–H groups in total. The van der Waals surface area contributed by atoms with Crippen molar-refractivity contribution in [1.29, 1.82) is 0 Å². The van der Waals surface area contributed by atoms with Crippen LogP contribution in [0, 0.1) is 0 Å². The molecule has 1 aromatic heterocycles. The van der Waals surface area contributed by atoms with Gasteiger partial charge in [-0.3, -0.25) is 9.59 Å². The number of methoxy groups -OCH3 is 1. The van der Waals surface area contributed by atoms with Gasteiger partial charge in [-0.25, -0.2) is 4.98 Å². The molecule has 0 aliphatic rings. The maximum Gasteiger partial charge on any atom is 0.325 e. The smallest absolute Gasteiger partial charge is 0.325 e. The molecule has 0 atom stereocenters. The average Bonchev–Trinajstić information content (AvgIpc) is 2.91. The van der Waals surface area contributed by atoms with E-state index in [-0.39, 0.29) is 12.8 Å². The molecule has 0 bridgehead atoms. The average molecular weight is 291 g/mol. The highest BCUT2D eigenvalue weighted by atomic mass is 16.7. The van der Waals surface area contributed by atoms with Crippen molar-refractivity contribution in [3.63, 3.8) is 0 Å². The van der Waals surface area contributed by atoms with Crippen LogP contribution in [0.4, 0.5) is 0 Å². The number of fused-ring (bicyclic) bond motifs is 1. The number of benzene rings is 1. The van der Waals surface area contributed by atoms with E-state index in [1.165, 1.54) is 7.11 Å². The normalized spacial score (nSPS) is 10.5. The van der Waals surface area contributed by atoms with E-state index in [9.17, 15) is 9.59 Å². The number of carbonyl (C=O) groups is 2. The Kier molecular flexibility index (Phi) is 5.28. The van der Waals surface area contributed by atoms with Gasteiger partial charge in [-0.05, 0) is 12.1 Å². The summed E-state index contributed by atoms with van der Waals surface area (Å²) in [5, 5.41) is 0. The number of hydroxylamine groups is 1. The molecule has 0 saturated carbocycles. The van der Waals surface area contributed by atoms with Gasteiger partial charge >= 0.3 is 11.9 Å². The van der Waals surface area contributed by atoms with Crippen molar-refractivity contribution in [3.05, 3.63) is 30.1 Å². The quantitative estimate of drug-likeness (QED) is 0.451. The first-order valence-corrected chi connectivity index (χ1v) is 6.62. The zero-order chi connectivity index (χ0) is 15.1. The second-order valence-corrected chi connectivity index (χ2v) is 4.40. The molecule has 7 nitrogen and oxygen atoms in total. The zero-order valence-electron chi connectivity index (χ0n) is 11.7. The summed E-state index contributed by atoms with van der Waals surface area (Å²) in [4.78, 5) is 34.5. The molecule has 0 radical (unpaired) electrons. The first kappa shape index (κ1) is 15.0. The Morgan fingerprint density at radius 1 is 1.24 bits per heavy atom. The van der Waals surface area contributed by atoms with E-state index in [2.05, 4.69) is 20.2 Å². The van der Waals surface area contributed by atoms with Gasteiger partial charge in [0.1, 0.15) is 5.82 Å². The van der Waals surface area contributed by atoms with Crippen LogP contribution in [-0.4, -0.2) is 35.6 Å². The Morgan fingerprint density at radius 2 is 2.00 bits per heavy atom. The van der Waals surface area contributed by atoms with E-state index in [1.807, 2.05) is 24.3 Å². The molecule has 0 aliphatic heterocycles. The van der Waals surface area contributed by atoms with Crippen molar-refractivity contribution in [1.82, 2.24) is 15.4 Å². The minimum Gasteiger partial charge on any atom is -0.469 e. The summed E-state index contributed by atoms with van der Waals surface area (Å²) < 4.78 is 4.43. The minimum atomic E-state index is -0.495. The molecule has 1 aromatic carbocycles. The van der Waals surface area contributed by atoms with E-state index < -0.39 is 11.9 Å². The fraction of sp³-hybridized carbons (Fsp3) is 0.357. The third kappa shape index (κ3) is 4.57. The number of ether oxygens (including phenoxy) is 1. The largest absolute Gasteiger partial charge is 0.469 e. The number of carbonyl (C=O) groups excluding carboxylic acids is 2. The molecule has 2 aromatic rings. The molecule has 0 spiro atoms. The van der Waals surface area contributed by atoms with Gasteiger partial charge in [0.15, 0.2) is 0 Å². The maximum absolute atomic E-state index is 11.3. The lowest BCUT2D eigenvalue weighted by atomic mass is 10.3. The fourth-order valence-corrected chi connectivity index (χ4v) is 1.78. The molecule has 0 amide bonds. The Hall–Kier alpha value is -2.41. The van der Waals surface area contributed by atoms with Crippen LogP contribution in [0.25, 0.3) is 11.0 Å². The Morgan fingerprint density at radius 3 is 2.76 bits per heavy atom. The van der Waals surface area contributed by atoms with Crippen molar-refractivity contribution >= 4 is 23.0 Å². The molecule has 2 rings (SSSR count). The van der Waals surface area contributed by atoms with Gasteiger partial charge in [0, 0.05) is 13.0 Å². The van der Waals surface area contributed by atoms with Gasteiger partial charge < -0.3 is 14.6 Å². The second-order valence-electron chi connectivity index (χ2n) is 4.40. The van der Waals surface area contributed by atoms with Crippen LogP contribution in [0.1, 0.15) is 18.7 Å². The van der Waals surface area contributed by atoms with E-state index in [0.29, 0.717) is 13.0 Å². The number of nitrogens with zero attached hydrogens (tertiary/aromatic N) is 1. The predicted octanol–water partition coefficient (Wildman–Crippen LogP) is 1.11. The number of hydrogen-bond acceptors (Lipinski definition) is 6. The second kappa shape index (κ2) is 7.39. The number of para-hydroxylation sites is 2. The highest BCUT2D eigenvalue weighted by Crippen LogP contribution is 2.10. The Bertz CT molecular complexity index is 590. The van der Waals surface area contributed by atoms with Crippen LogP contribution in [-0.2, 0) is 25.6 Å². The molecular weight excluding hydrogens is 274 g/mol. The van der Waals surface area contributed by atoms with E-state index in [4.69, 9.17) is 4.84 Å². The Balaban J connectivity index is 1.67. The lowest BCUT2D eigenvalue weighted by molar-refractivity contribution is -0.154. The molecule has 21 heavy (non-hydrogen) atoms. The monoisotopic (exact) mass is 291 g/mol. The lowest BCUT2D eigenvalue weighted by Gasteiger charge is -2.04. The first-order chi connectivity index (χ1) is 10.2. The van der Waals surface area contributed by atoms with Crippen molar-refractivity contribution in [2.24, 2.45) is 0 Å². The maximum atomic E-state index is 11.3. The number of H-pyrrole nitrogens is 1. The minimum absolute atomic E-state index is 0.00961. The predicted molar refractivity (Wildman–Crippen MR) is 75.1 cm³/mol. The highest BCUT2D eigenvalue weighted by molar-refractivity contribution is 5.77. The van der Waals surface area contributed by atoms with Gasteiger partial charge in [-0.1, -0.05) is 12.1 Å². The standard InChI is InChI=1S/C14H17N3O4/c1-20-13(18)6-7-14(19)21-15-9-8-12-16-10-4-2-3-5-11(10)17-12/h2-5,15H,6-9H2,1H3,(H,16,17).